The predicted molar refractivity (Wildman–Crippen MR) is 89.1 cm³/mol. The lowest BCUT2D eigenvalue weighted by Crippen LogP contribution is -2.47. The largest absolute Gasteiger partial charge is 0.375 e. The zero-order chi connectivity index (χ0) is 17.2. The lowest BCUT2D eigenvalue weighted by atomic mass is 10.0. The lowest BCUT2D eigenvalue weighted by molar-refractivity contribution is -0.144. The zero-order valence-corrected chi connectivity index (χ0v) is 15.2. The average Bonchev–Trinajstić information content (AvgIpc) is 3.09. The Morgan fingerprint density at radius 2 is 1.58 bits per heavy atom. The van der Waals surface area contributed by atoms with Gasteiger partial charge in [-0.25, -0.2) is 12.7 Å². The van der Waals surface area contributed by atoms with Gasteiger partial charge < -0.3 is 14.4 Å². The summed E-state index contributed by atoms with van der Waals surface area (Å²) in [5.41, 5.74) is 0. The van der Waals surface area contributed by atoms with Crippen molar-refractivity contribution in [3.05, 3.63) is 0 Å². The molecule has 3 saturated heterocycles. The molecule has 3 aliphatic rings. The summed E-state index contributed by atoms with van der Waals surface area (Å²) in [5, 5.41) is 0. The van der Waals surface area contributed by atoms with Crippen molar-refractivity contribution in [3.8, 4) is 0 Å². The summed E-state index contributed by atoms with van der Waals surface area (Å²) in [4.78, 5) is 14.2. The van der Waals surface area contributed by atoms with Gasteiger partial charge in [-0.05, 0) is 38.5 Å². The van der Waals surface area contributed by atoms with E-state index < -0.39 is 10.0 Å². The Bertz CT molecular complexity index is 531. The molecule has 3 heterocycles. The Morgan fingerprint density at radius 3 is 2.08 bits per heavy atom. The normalized spacial score (nSPS) is 28.4. The van der Waals surface area contributed by atoms with Gasteiger partial charge in [-0.1, -0.05) is 0 Å². The minimum atomic E-state index is -3.09. The van der Waals surface area contributed by atoms with Crippen molar-refractivity contribution in [2.45, 2.75) is 56.8 Å². The van der Waals surface area contributed by atoms with Crippen molar-refractivity contribution < 1.29 is 22.7 Å². The van der Waals surface area contributed by atoms with Gasteiger partial charge in [-0.2, -0.15) is 0 Å². The fourth-order valence-corrected chi connectivity index (χ4v) is 4.63. The molecule has 0 aromatic carbocycles. The highest BCUT2D eigenvalue weighted by Gasteiger charge is 2.32. The zero-order valence-electron chi connectivity index (χ0n) is 14.4. The van der Waals surface area contributed by atoms with Crippen LogP contribution in [0.4, 0.5) is 0 Å². The summed E-state index contributed by atoms with van der Waals surface area (Å²) in [5.74, 6) is 0.132. The van der Waals surface area contributed by atoms with Crippen LogP contribution < -0.4 is 0 Å². The van der Waals surface area contributed by atoms with Gasteiger partial charge in [0, 0.05) is 32.8 Å². The van der Waals surface area contributed by atoms with E-state index in [4.69, 9.17) is 9.47 Å². The average molecular weight is 360 g/mol. The molecule has 0 aromatic heterocycles. The van der Waals surface area contributed by atoms with E-state index in [9.17, 15) is 13.2 Å². The summed E-state index contributed by atoms with van der Waals surface area (Å²) >= 11 is 0. The molecule has 3 aliphatic heterocycles. The topological polar surface area (TPSA) is 76.2 Å². The molecule has 0 N–H and O–H groups in total. The first-order chi connectivity index (χ1) is 11.4. The van der Waals surface area contributed by atoms with E-state index in [2.05, 4.69) is 0 Å². The highest BCUT2D eigenvalue weighted by atomic mass is 32.2. The number of carbonyl (C=O) groups excluding carboxylic acids is 1. The minimum Gasteiger partial charge on any atom is -0.375 e. The van der Waals surface area contributed by atoms with Gasteiger partial charge in [0.2, 0.25) is 10.0 Å². The third-order valence-corrected chi connectivity index (χ3v) is 6.52. The molecule has 1 atom stereocenters. The molecule has 1 unspecified atom stereocenters. The molecule has 0 bridgehead atoms. The molecule has 1 amide bonds. The van der Waals surface area contributed by atoms with Crippen molar-refractivity contribution in [2.24, 2.45) is 0 Å². The highest BCUT2D eigenvalue weighted by Crippen LogP contribution is 2.23. The maximum atomic E-state index is 12.3. The Balaban J connectivity index is 1.39. The van der Waals surface area contributed by atoms with Gasteiger partial charge in [0.05, 0.1) is 18.5 Å². The second-order valence-corrected chi connectivity index (χ2v) is 9.01. The van der Waals surface area contributed by atoms with Crippen molar-refractivity contribution >= 4 is 15.9 Å². The molecule has 0 saturated carbocycles. The van der Waals surface area contributed by atoms with Crippen molar-refractivity contribution in [1.29, 1.82) is 0 Å². The van der Waals surface area contributed by atoms with Crippen LogP contribution in [0.1, 0.15) is 38.5 Å². The van der Waals surface area contributed by atoms with E-state index in [-0.39, 0.29) is 24.2 Å². The van der Waals surface area contributed by atoms with Crippen molar-refractivity contribution in [2.75, 3.05) is 39.0 Å². The smallest absolute Gasteiger partial charge is 0.251 e. The number of piperidine rings is 2. The molecule has 8 heteroatoms. The Hall–Kier alpha value is -0.700. The van der Waals surface area contributed by atoms with E-state index >= 15 is 0 Å². The van der Waals surface area contributed by atoms with Crippen molar-refractivity contribution in [3.63, 3.8) is 0 Å². The molecule has 0 aliphatic carbocycles. The van der Waals surface area contributed by atoms with E-state index in [0.717, 1.165) is 51.6 Å². The van der Waals surface area contributed by atoms with Crippen LogP contribution in [0, 0.1) is 0 Å². The molecular formula is C16H28N2O5S. The van der Waals surface area contributed by atoms with Crippen molar-refractivity contribution in [1.82, 2.24) is 9.21 Å². The molecule has 3 fully saturated rings. The Morgan fingerprint density at radius 1 is 1.00 bits per heavy atom. The number of ether oxygens (including phenoxy) is 2. The van der Waals surface area contributed by atoms with E-state index in [1.807, 2.05) is 4.90 Å². The maximum Gasteiger partial charge on any atom is 0.251 e. The number of sulfonamides is 1. The maximum absolute atomic E-state index is 12.3. The third-order valence-electron chi connectivity index (χ3n) is 5.21. The van der Waals surface area contributed by atoms with Gasteiger partial charge in [0.15, 0.2) is 0 Å². The molecular weight excluding hydrogens is 332 g/mol. The molecule has 0 spiro atoms. The van der Waals surface area contributed by atoms with Gasteiger partial charge in [0.1, 0.15) is 6.10 Å². The van der Waals surface area contributed by atoms with Crippen LogP contribution in [-0.2, 0) is 24.3 Å². The first-order valence-corrected chi connectivity index (χ1v) is 10.8. The molecule has 7 nitrogen and oxygen atoms in total. The van der Waals surface area contributed by atoms with Crippen LogP contribution in [0.2, 0.25) is 0 Å². The standard InChI is InChI=1S/C16H28N2O5S/c1-24(20,21)18-10-6-14(7-11-18)23-13-4-8-17(9-5-13)16(19)15-3-2-12-22-15/h13-15H,2-12H2,1H3. The van der Waals surface area contributed by atoms with Crippen LogP contribution in [0.5, 0.6) is 0 Å². The fourth-order valence-electron chi connectivity index (χ4n) is 3.76. The first kappa shape index (κ1) is 18.1. The number of hydrogen-bond acceptors (Lipinski definition) is 5. The minimum absolute atomic E-state index is 0.132. The van der Waals surface area contributed by atoms with Gasteiger partial charge in [0.25, 0.3) is 5.91 Å². The summed E-state index contributed by atoms with van der Waals surface area (Å²) < 4.78 is 36.2. The summed E-state index contributed by atoms with van der Waals surface area (Å²) in [6.45, 7) is 3.24. The molecule has 24 heavy (non-hydrogen) atoms. The van der Waals surface area contributed by atoms with Crippen LogP contribution in [0.3, 0.4) is 0 Å². The molecule has 3 rings (SSSR count). The second kappa shape index (κ2) is 7.68. The quantitative estimate of drug-likeness (QED) is 0.734. The van der Waals surface area contributed by atoms with Gasteiger partial charge in [-0.3, -0.25) is 4.79 Å². The third kappa shape index (κ3) is 4.47. The number of carbonyl (C=O) groups is 1. The van der Waals surface area contributed by atoms with E-state index in [1.54, 1.807) is 0 Å². The summed E-state index contributed by atoms with van der Waals surface area (Å²) in [6.07, 6.45) is 6.36. The van der Waals surface area contributed by atoms with E-state index in [0.29, 0.717) is 19.7 Å². The predicted octanol–water partition coefficient (Wildman–Crippen LogP) is 0.597. The fraction of sp³-hybridized carbons (Fsp3) is 0.938. The number of hydrogen-bond donors (Lipinski definition) is 0. The Kier molecular flexibility index (Phi) is 5.79. The van der Waals surface area contributed by atoms with Crippen LogP contribution in [-0.4, -0.2) is 80.9 Å². The lowest BCUT2D eigenvalue weighted by Gasteiger charge is -2.37. The number of amides is 1. The monoisotopic (exact) mass is 360 g/mol. The second-order valence-electron chi connectivity index (χ2n) is 7.02. The number of likely N-dealkylation sites (tertiary alicyclic amines) is 1. The SMILES string of the molecule is CS(=O)(=O)N1CCC(OC2CCN(C(=O)C3CCCO3)CC2)CC1. The highest BCUT2D eigenvalue weighted by molar-refractivity contribution is 7.88. The molecule has 0 radical (unpaired) electrons. The van der Waals surface area contributed by atoms with Crippen LogP contribution in [0.25, 0.3) is 0 Å². The van der Waals surface area contributed by atoms with E-state index in [1.165, 1.54) is 10.6 Å². The van der Waals surface area contributed by atoms with Crippen LogP contribution >= 0.6 is 0 Å². The number of nitrogens with zero attached hydrogens (tertiary/aromatic N) is 2. The molecule has 138 valence electrons. The summed E-state index contributed by atoms with van der Waals surface area (Å²) in [7, 11) is -3.09. The molecule has 0 aromatic rings. The first-order valence-electron chi connectivity index (χ1n) is 8.94. The summed E-state index contributed by atoms with van der Waals surface area (Å²) in [6, 6.07) is 0. The number of rotatable bonds is 4. The van der Waals surface area contributed by atoms with Gasteiger partial charge >= 0.3 is 0 Å². The van der Waals surface area contributed by atoms with Crippen LogP contribution in [0.15, 0.2) is 0 Å². The van der Waals surface area contributed by atoms with Gasteiger partial charge in [-0.15, -0.1) is 0 Å². The Labute approximate surface area is 144 Å².